The highest BCUT2D eigenvalue weighted by Crippen LogP contribution is 2.11. The first kappa shape index (κ1) is 5.94. The lowest BCUT2D eigenvalue weighted by Gasteiger charge is -1.84. The van der Waals surface area contributed by atoms with Crippen LogP contribution in [-0.2, 0) is 4.74 Å². The number of hydrogen-bond acceptors (Lipinski definition) is 3. The molecule has 0 aromatic carbocycles. The van der Waals surface area contributed by atoms with Crippen LogP contribution in [0.5, 0.6) is 0 Å². The van der Waals surface area contributed by atoms with Crippen molar-refractivity contribution in [2.75, 3.05) is 13.2 Å². The van der Waals surface area contributed by atoms with Crippen LogP contribution in [-0.4, -0.2) is 18.3 Å². The minimum atomic E-state index is 0.0350. The molecule has 1 rings (SSSR count). The molecule has 1 aliphatic rings. The van der Waals surface area contributed by atoms with Gasteiger partial charge in [0.05, 0.1) is 12.3 Å². The maximum Gasteiger partial charge on any atom is 0.126 e. The fourth-order valence-electron chi connectivity index (χ4n) is 0.552. The third-order valence-electron chi connectivity index (χ3n) is 0.976. The van der Waals surface area contributed by atoms with E-state index >= 15 is 0 Å². The van der Waals surface area contributed by atoms with Crippen LogP contribution < -0.4 is 0 Å². The summed E-state index contributed by atoms with van der Waals surface area (Å²) in [5.41, 5.74) is 8.19. The molecule has 1 heterocycles. The molecule has 0 spiro atoms. The van der Waals surface area contributed by atoms with Crippen LogP contribution in [0.3, 0.4) is 0 Å². The lowest BCUT2D eigenvalue weighted by atomic mass is 10.4. The monoisotopic (exact) mass is 127 g/mol. The fourth-order valence-corrected chi connectivity index (χ4v) is 0.552. The second-order valence-corrected chi connectivity index (χ2v) is 1.58. The zero-order valence-electron chi connectivity index (χ0n) is 4.61. The van der Waals surface area contributed by atoms with Crippen molar-refractivity contribution in [3.63, 3.8) is 0 Å². The van der Waals surface area contributed by atoms with Crippen LogP contribution in [0.1, 0.15) is 0 Å². The third-order valence-corrected chi connectivity index (χ3v) is 0.976. The molecule has 5 nitrogen and oxygen atoms in total. The zero-order valence-corrected chi connectivity index (χ0v) is 4.61. The van der Waals surface area contributed by atoms with Crippen LogP contribution in [0.15, 0.2) is 16.6 Å². The van der Waals surface area contributed by atoms with Gasteiger partial charge in [-0.3, -0.25) is 0 Å². The molecule has 48 valence electrons. The van der Waals surface area contributed by atoms with E-state index in [9.17, 15) is 0 Å². The van der Waals surface area contributed by atoms with E-state index in [0.717, 1.165) is 0 Å². The summed E-state index contributed by atoms with van der Waals surface area (Å²) in [7, 11) is 0. The van der Waals surface area contributed by atoms with E-state index in [0.29, 0.717) is 0 Å². The van der Waals surface area contributed by atoms with Gasteiger partial charge in [0.2, 0.25) is 0 Å². The van der Waals surface area contributed by atoms with Crippen LogP contribution in [0.25, 0.3) is 10.4 Å². The molecule has 0 aliphatic carbocycles. The summed E-state index contributed by atoms with van der Waals surface area (Å²) in [6.07, 6.45) is 0. The van der Waals surface area contributed by atoms with Crippen LogP contribution in [0, 0.1) is 0 Å². The normalized spacial score (nSPS) is 17.8. The molecule has 0 radical (unpaired) electrons. The number of azide groups is 1. The van der Waals surface area contributed by atoms with Crippen LogP contribution in [0.2, 0.25) is 0 Å². The molecule has 1 aliphatic heterocycles. The van der Waals surface area contributed by atoms with E-state index in [4.69, 9.17) is 15.4 Å². The number of hydrogen-bond donors (Lipinski definition) is 1. The van der Waals surface area contributed by atoms with Gasteiger partial charge in [0, 0.05) is 4.91 Å². The lowest BCUT2D eigenvalue weighted by Crippen LogP contribution is -1.83. The van der Waals surface area contributed by atoms with Gasteiger partial charge in [-0.2, -0.15) is 0 Å². The molecule has 9 heavy (non-hydrogen) atoms. The first-order valence-electron chi connectivity index (χ1n) is 2.38. The van der Waals surface area contributed by atoms with Gasteiger partial charge in [-0.05, 0) is 5.53 Å². The minimum Gasteiger partial charge on any atom is -0.510 e. The lowest BCUT2D eigenvalue weighted by molar-refractivity contribution is 0.181. The van der Waals surface area contributed by atoms with Gasteiger partial charge in [0.1, 0.15) is 12.4 Å². The van der Waals surface area contributed by atoms with Crippen molar-refractivity contribution in [1.82, 2.24) is 0 Å². The second kappa shape index (κ2) is 2.39. The Hall–Kier alpha value is -1.19. The van der Waals surface area contributed by atoms with Gasteiger partial charge in [-0.25, -0.2) is 0 Å². The Morgan fingerprint density at radius 3 is 2.89 bits per heavy atom. The summed E-state index contributed by atoms with van der Waals surface area (Å²) in [5, 5.41) is 12.0. The van der Waals surface area contributed by atoms with Crippen molar-refractivity contribution in [3.05, 3.63) is 21.9 Å². The molecule has 5 heteroatoms. The molecular formula is C4H5N3O2. The van der Waals surface area contributed by atoms with Gasteiger partial charge in [-0.15, -0.1) is 0 Å². The fraction of sp³-hybridized carbons (Fsp3) is 0.500. The highest BCUT2D eigenvalue weighted by molar-refractivity contribution is 5.10. The van der Waals surface area contributed by atoms with Crippen LogP contribution >= 0.6 is 0 Å². The predicted molar refractivity (Wildman–Crippen MR) is 29.6 cm³/mol. The Kier molecular flexibility index (Phi) is 1.58. The Labute approximate surface area is 51.2 Å². The highest BCUT2D eigenvalue weighted by atomic mass is 16.5. The van der Waals surface area contributed by atoms with Crippen molar-refractivity contribution in [2.24, 2.45) is 5.11 Å². The molecular weight excluding hydrogens is 122 g/mol. The zero-order chi connectivity index (χ0) is 6.69. The molecule has 0 atom stereocenters. The maximum absolute atomic E-state index is 8.81. The molecule has 0 bridgehead atoms. The van der Waals surface area contributed by atoms with Crippen molar-refractivity contribution >= 4 is 0 Å². The van der Waals surface area contributed by atoms with Crippen molar-refractivity contribution in [1.29, 1.82) is 0 Å². The second-order valence-electron chi connectivity index (χ2n) is 1.58. The Morgan fingerprint density at radius 1 is 1.67 bits per heavy atom. The standard InChI is InChI=1S/C4H5N3O2/c5-7-6-3-1-9-2-4(3)8/h8H,1-2H2. The molecule has 0 aromatic heterocycles. The van der Waals surface area contributed by atoms with E-state index in [-0.39, 0.29) is 24.7 Å². The Balaban J connectivity index is 2.77. The van der Waals surface area contributed by atoms with Gasteiger partial charge in [-0.1, -0.05) is 5.11 Å². The Morgan fingerprint density at radius 2 is 2.44 bits per heavy atom. The SMILES string of the molecule is [N-]=[N+]=NC1=C(O)COC1. The van der Waals surface area contributed by atoms with Crippen molar-refractivity contribution in [2.45, 2.75) is 0 Å². The molecule has 0 unspecified atom stereocenters. The number of aliphatic hydroxyl groups is 1. The molecule has 0 fully saturated rings. The maximum atomic E-state index is 8.81. The average molecular weight is 127 g/mol. The van der Waals surface area contributed by atoms with Crippen molar-refractivity contribution < 1.29 is 9.84 Å². The van der Waals surface area contributed by atoms with Crippen LogP contribution in [0.4, 0.5) is 0 Å². The minimum absolute atomic E-state index is 0.0350. The summed E-state index contributed by atoms with van der Waals surface area (Å²) < 4.78 is 4.73. The molecule has 1 N–H and O–H groups in total. The summed E-state index contributed by atoms with van der Waals surface area (Å²) in [5.74, 6) is 0.0350. The van der Waals surface area contributed by atoms with E-state index in [1.165, 1.54) is 0 Å². The Bertz CT molecular complexity index is 192. The van der Waals surface area contributed by atoms with E-state index < -0.39 is 0 Å². The summed E-state index contributed by atoms with van der Waals surface area (Å²) in [4.78, 5) is 2.50. The number of aliphatic hydroxyl groups excluding tert-OH is 1. The van der Waals surface area contributed by atoms with Gasteiger partial charge >= 0.3 is 0 Å². The molecule has 0 amide bonds. The summed E-state index contributed by atoms with van der Waals surface area (Å²) in [6.45, 7) is 0.379. The van der Waals surface area contributed by atoms with Crippen molar-refractivity contribution in [3.8, 4) is 0 Å². The van der Waals surface area contributed by atoms with Gasteiger partial charge in [0.15, 0.2) is 0 Å². The average Bonchev–Trinajstić information content (AvgIpc) is 2.18. The largest absolute Gasteiger partial charge is 0.510 e. The first-order valence-corrected chi connectivity index (χ1v) is 2.38. The van der Waals surface area contributed by atoms with Gasteiger partial charge in [0.25, 0.3) is 0 Å². The number of rotatable bonds is 1. The number of nitrogens with zero attached hydrogens (tertiary/aromatic N) is 3. The first-order chi connectivity index (χ1) is 4.34. The van der Waals surface area contributed by atoms with E-state index in [1.807, 2.05) is 0 Å². The third kappa shape index (κ3) is 1.13. The highest BCUT2D eigenvalue weighted by Gasteiger charge is 2.10. The predicted octanol–water partition coefficient (Wildman–Crippen LogP) is 1.10. The summed E-state index contributed by atoms with van der Waals surface area (Å²) in [6, 6.07) is 0. The summed E-state index contributed by atoms with van der Waals surface area (Å²) >= 11 is 0. The smallest absolute Gasteiger partial charge is 0.126 e. The molecule has 0 aromatic rings. The van der Waals surface area contributed by atoms with Gasteiger partial charge < -0.3 is 9.84 Å². The topological polar surface area (TPSA) is 78.2 Å². The quantitative estimate of drug-likeness (QED) is 0.325. The van der Waals surface area contributed by atoms with E-state index in [1.54, 1.807) is 0 Å². The van der Waals surface area contributed by atoms with E-state index in [2.05, 4.69) is 10.0 Å². The molecule has 0 saturated carbocycles. The number of ether oxygens (including phenoxy) is 1. The molecule has 0 saturated heterocycles.